The van der Waals surface area contributed by atoms with Crippen molar-refractivity contribution in [3.63, 3.8) is 0 Å². The van der Waals surface area contributed by atoms with Crippen LogP contribution in [0.4, 0.5) is 5.69 Å². The highest BCUT2D eigenvalue weighted by molar-refractivity contribution is 5.50. The van der Waals surface area contributed by atoms with Crippen LogP contribution in [0.2, 0.25) is 0 Å². The van der Waals surface area contributed by atoms with Gasteiger partial charge in [0.15, 0.2) is 0 Å². The molecule has 18 heavy (non-hydrogen) atoms. The molecule has 1 fully saturated rings. The summed E-state index contributed by atoms with van der Waals surface area (Å²) in [5, 5.41) is 12.9. The first-order chi connectivity index (χ1) is 8.74. The summed E-state index contributed by atoms with van der Waals surface area (Å²) >= 11 is 0. The molecule has 100 valence electrons. The van der Waals surface area contributed by atoms with Crippen molar-refractivity contribution in [3.8, 4) is 5.75 Å². The maximum atomic E-state index is 9.53. The summed E-state index contributed by atoms with van der Waals surface area (Å²) in [5.41, 5.74) is 1.14. The number of anilines is 1. The molecule has 4 heteroatoms. The van der Waals surface area contributed by atoms with Crippen molar-refractivity contribution in [2.24, 2.45) is 5.92 Å². The van der Waals surface area contributed by atoms with E-state index in [4.69, 9.17) is 4.74 Å². The van der Waals surface area contributed by atoms with E-state index in [1.165, 1.54) is 0 Å². The molecule has 0 spiro atoms. The van der Waals surface area contributed by atoms with Crippen LogP contribution in [0.3, 0.4) is 0 Å². The molecule has 0 bridgehead atoms. The van der Waals surface area contributed by atoms with Gasteiger partial charge in [-0.25, -0.2) is 0 Å². The first-order valence-electron chi connectivity index (χ1n) is 6.47. The molecule has 0 aliphatic carbocycles. The quantitative estimate of drug-likeness (QED) is 0.843. The maximum Gasteiger partial charge on any atom is 0.119 e. The van der Waals surface area contributed by atoms with E-state index in [-0.39, 0.29) is 12.6 Å². The molecule has 1 saturated heterocycles. The Morgan fingerprint density at radius 2 is 2.06 bits per heavy atom. The molecule has 0 amide bonds. The molecule has 0 aromatic heterocycles. The molecular formula is C14H22N2O2. The van der Waals surface area contributed by atoms with E-state index in [9.17, 15) is 5.11 Å². The lowest BCUT2D eigenvalue weighted by Crippen LogP contribution is -2.42. The molecule has 1 aliphatic heterocycles. The monoisotopic (exact) mass is 250 g/mol. The van der Waals surface area contributed by atoms with Crippen molar-refractivity contribution < 1.29 is 9.84 Å². The number of rotatable bonds is 3. The standard InChI is InChI=1S/C14H22N2O2/c1-11-7-15-8-13(10-17)16(9-11)12-3-5-14(18-2)6-4-12/h3-6,11,13,15,17H,7-10H2,1-2H3. The van der Waals surface area contributed by atoms with Crippen LogP contribution in [0, 0.1) is 5.92 Å². The van der Waals surface area contributed by atoms with E-state index in [0.29, 0.717) is 5.92 Å². The van der Waals surface area contributed by atoms with Crippen molar-refractivity contribution >= 4 is 5.69 Å². The summed E-state index contributed by atoms with van der Waals surface area (Å²) in [6.45, 7) is 5.19. The number of benzene rings is 1. The first kappa shape index (κ1) is 13.2. The van der Waals surface area contributed by atoms with Gasteiger partial charge in [0.05, 0.1) is 19.8 Å². The Morgan fingerprint density at radius 1 is 1.33 bits per heavy atom. The molecule has 2 unspecified atom stereocenters. The van der Waals surface area contributed by atoms with Crippen molar-refractivity contribution in [1.82, 2.24) is 5.32 Å². The van der Waals surface area contributed by atoms with Crippen molar-refractivity contribution in [2.75, 3.05) is 38.3 Å². The van der Waals surface area contributed by atoms with Crippen molar-refractivity contribution in [1.29, 1.82) is 0 Å². The number of methoxy groups -OCH3 is 1. The van der Waals surface area contributed by atoms with Gasteiger partial charge in [-0.05, 0) is 36.7 Å². The highest BCUT2D eigenvalue weighted by Crippen LogP contribution is 2.23. The normalized spacial score (nSPS) is 24.7. The van der Waals surface area contributed by atoms with Gasteiger partial charge in [-0.15, -0.1) is 0 Å². The van der Waals surface area contributed by atoms with Crippen LogP contribution in [0.25, 0.3) is 0 Å². The van der Waals surface area contributed by atoms with Gasteiger partial charge < -0.3 is 20.1 Å². The zero-order valence-electron chi connectivity index (χ0n) is 11.1. The molecule has 0 radical (unpaired) electrons. The molecule has 2 rings (SSSR count). The van der Waals surface area contributed by atoms with Gasteiger partial charge in [0.25, 0.3) is 0 Å². The molecule has 1 aromatic carbocycles. The third kappa shape index (κ3) is 2.94. The molecule has 2 N–H and O–H groups in total. The Kier molecular flexibility index (Phi) is 4.44. The smallest absolute Gasteiger partial charge is 0.119 e. The maximum absolute atomic E-state index is 9.53. The Labute approximate surface area is 109 Å². The summed E-state index contributed by atoms with van der Waals surface area (Å²) in [6.07, 6.45) is 0. The number of nitrogens with one attached hydrogen (secondary N) is 1. The summed E-state index contributed by atoms with van der Waals surface area (Å²) < 4.78 is 5.18. The van der Waals surface area contributed by atoms with Gasteiger partial charge in [-0.3, -0.25) is 0 Å². The zero-order chi connectivity index (χ0) is 13.0. The fraction of sp³-hybridized carbons (Fsp3) is 0.571. The van der Waals surface area contributed by atoms with Crippen LogP contribution in [0.5, 0.6) is 5.75 Å². The molecule has 1 aliphatic rings. The van der Waals surface area contributed by atoms with Crippen LogP contribution < -0.4 is 15.0 Å². The number of hydrogen-bond donors (Lipinski definition) is 2. The molecule has 1 heterocycles. The fourth-order valence-corrected chi connectivity index (χ4v) is 2.41. The average Bonchev–Trinajstić information content (AvgIpc) is 2.60. The predicted octanol–water partition coefficient (Wildman–Crippen LogP) is 1.10. The van der Waals surface area contributed by atoms with Gasteiger partial charge in [-0.2, -0.15) is 0 Å². The van der Waals surface area contributed by atoms with Crippen molar-refractivity contribution in [3.05, 3.63) is 24.3 Å². The molecule has 4 nitrogen and oxygen atoms in total. The van der Waals surface area contributed by atoms with Gasteiger partial charge >= 0.3 is 0 Å². The van der Waals surface area contributed by atoms with Gasteiger partial charge in [0.1, 0.15) is 5.75 Å². The second kappa shape index (κ2) is 6.07. The number of aliphatic hydroxyl groups is 1. The topological polar surface area (TPSA) is 44.7 Å². The number of ether oxygens (including phenoxy) is 1. The highest BCUT2D eigenvalue weighted by Gasteiger charge is 2.23. The van der Waals surface area contributed by atoms with Crippen LogP contribution in [0.1, 0.15) is 6.92 Å². The zero-order valence-corrected chi connectivity index (χ0v) is 11.1. The SMILES string of the molecule is COc1ccc(N2CC(C)CNCC2CO)cc1. The van der Waals surface area contributed by atoms with Crippen LogP contribution in [-0.4, -0.2) is 44.5 Å². The molecular weight excluding hydrogens is 228 g/mol. The lowest BCUT2D eigenvalue weighted by atomic mass is 10.1. The molecule has 1 aromatic rings. The third-order valence-corrected chi connectivity index (χ3v) is 3.44. The fourth-order valence-electron chi connectivity index (χ4n) is 2.41. The second-order valence-electron chi connectivity index (χ2n) is 4.95. The Morgan fingerprint density at radius 3 is 2.67 bits per heavy atom. The number of hydrogen-bond acceptors (Lipinski definition) is 4. The largest absolute Gasteiger partial charge is 0.497 e. The second-order valence-corrected chi connectivity index (χ2v) is 4.95. The molecule has 2 atom stereocenters. The lowest BCUT2D eigenvalue weighted by molar-refractivity contribution is 0.259. The van der Waals surface area contributed by atoms with E-state index in [1.807, 2.05) is 12.1 Å². The van der Waals surface area contributed by atoms with E-state index < -0.39 is 0 Å². The Bertz CT molecular complexity index is 367. The number of nitrogens with zero attached hydrogens (tertiary/aromatic N) is 1. The van der Waals surface area contributed by atoms with E-state index in [1.54, 1.807) is 7.11 Å². The first-order valence-corrected chi connectivity index (χ1v) is 6.47. The van der Waals surface area contributed by atoms with E-state index in [2.05, 4.69) is 29.3 Å². The third-order valence-electron chi connectivity index (χ3n) is 3.44. The Hall–Kier alpha value is -1.26. The summed E-state index contributed by atoms with van der Waals surface area (Å²) in [4.78, 5) is 2.28. The van der Waals surface area contributed by atoms with E-state index in [0.717, 1.165) is 31.1 Å². The van der Waals surface area contributed by atoms with Crippen LogP contribution >= 0.6 is 0 Å². The number of aliphatic hydroxyl groups excluding tert-OH is 1. The van der Waals surface area contributed by atoms with E-state index >= 15 is 0 Å². The van der Waals surface area contributed by atoms with Crippen LogP contribution in [0.15, 0.2) is 24.3 Å². The van der Waals surface area contributed by atoms with Gasteiger partial charge in [0.2, 0.25) is 0 Å². The minimum Gasteiger partial charge on any atom is -0.497 e. The lowest BCUT2D eigenvalue weighted by Gasteiger charge is -2.31. The minimum atomic E-state index is 0.142. The Balaban J connectivity index is 2.19. The van der Waals surface area contributed by atoms with Gasteiger partial charge in [-0.1, -0.05) is 6.92 Å². The average molecular weight is 250 g/mol. The van der Waals surface area contributed by atoms with Gasteiger partial charge in [0, 0.05) is 18.8 Å². The summed E-state index contributed by atoms with van der Waals surface area (Å²) in [6, 6.07) is 8.18. The predicted molar refractivity (Wildman–Crippen MR) is 73.2 cm³/mol. The highest BCUT2D eigenvalue weighted by atomic mass is 16.5. The summed E-state index contributed by atoms with van der Waals surface area (Å²) in [5.74, 6) is 1.43. The van der Waals surface area contributed by atoms with Crippen molar-refractivity contribution in [2.45, 2.75) is 13.0 Å². The summed E-state index contributed by atoms with van der Waals surface area (Å²) in [7, 11) is 1.67. The van der Waals surface area contributed by atoms with Crippen LogP contribution in [-0.2, 0) is 0 Å². The minimum absolute atomic E-state index is 0.142. The molecule has 0 saturated carbocycles.